The highest BCUT2D eigenvalue weighted by Gasteiger charge is 2.30. The molecule has 0 saturated heterocycles. The lowest BCUT2D eigenvalue weighted by molar-refractivity contribution is 0.303. The van der Waals surface area contributed by atoms with E-state index in [1.54, 1.807) is 10.8 Å². The van der Waals surface area contributed by atoms with E-state index in [9.17, 15) is 35.4 Å². The summed E-state index contributed by atoms with van der Waals surface area (Å²) in [5.74, 6) is -6.87. The van der Waals surface area contributed by atoms with Crippen molar-refractivity contribution in [3.05, 3.63) is 53.1 Å². The molecule has 1 atom stereocenters. The Balaban J connectivity index is 1.84. The number of hydrogen-bond donors (Lipinski definition) is 2. The van der Waals surface area contributed by atoms with E-state index in [2.05, 4.69) is 0 Å². The van der Waals surface area contributed by atoms with E-state index < -0.39 is 73.0 Å². The number of alkyl halides is 1. The zero-order valence-electron chi connectivity index (χ0n) is 16.5. The lowest BCUT2D eigenvalue weighted by atomic mass is 10.2. The summed E-state index contributed by atoms with van der Waals surface area (Å²) in [5.41, 5.74) is -0.343. The molecule has 8 nitrogen and oxygen atoms in total. The molecule has 34 heavy (non-hydrogen) atoms. The zero-order valence-corrected chi connectivity index (χ0v) is 21.2. The van der Waals surface area contributed by atoms with Crippen LogP contribution >= 0.6 is 41.5 Å². The summed E-state index contributed by atoms with van der Waals surface area (Å²) >= 11 is 2.13. The molecule has 3 aromatic rings. The van der Waals surface area contributed by atoms with Crippen LogP contribution in [0.1, 0.15) is 5.56 Å². The average molecular weight is 650 g/mol. The van der Waals surface area contributed by atoms with Gasteiger partial charge >= 0.3 is 7.60 Å². The molecule has 0 fully saturated rings. The molecule has 1 heterocycles. The summed E-state index contributed by atoms with van der Waals surface area (Å²) in [6, 6.07) is 4.91. The van der Waals surface area contributed by atoms with Gasteiger partial charge in [0.25, 0.3) is 10.0 Å². The second-order valence-corrected chi connectivity index (χ2v) is 12.3. The predicted octanol–water partition coefficient (Wildman–Crippen LogP) is 4.64. The third-order valence-electron chi connectivity index (χ3n) is 4.09. The number of benzene rings is 2. The molecule has 0 aliphatic rings. The van der Waals surface area contributed by atoms with E-state index in [4.69, 9.17) is 14.5 Å². The highest BCUT2D eigenvalue weighted by Crippen LogP contribution is 2.43. The lowest BCUT2D eigenvalue weighted by Crippen LogP contribution is -2.25. The Morgan fingerprint density at radius 1 is 1.18 bits per heavy atom. The SMILES string of the molecule is N#Cc1ccc(OP(=O)(O)CNS(=O)(=O)c2cc3c(F)c(F)c(OCCI)c(F)c3s2)cc1F. The van der Waals surface area contributed by atoms with Crippen molar-refractivity contribution in [2.45, 2.75) is 4.21 Å². The van der Waals surface area contributed by atoms with E-state index in [1.807, 2.05) is 22.6 Å². The van der Waals surface area contributed by atoms with Gasteiger partial charge in [0, 0.05) is 15.9 Å². The topological polar surface area (TPSA) is 126 Å². The quantitative estimate of drug-likeness (QED) is 0.114. The van der Waals surface area contributed by atoms with Crippen LogP contribution in [0.25, 0.3) is 10.1 Å². The summed E-state index contributed by atoms with van der Waals surface area (Å²) in [5, 5.41) is 8.04. The molecule has 3 rings (SSSR count). The summed E-state index contributed by atoms with van der Waals surface area (Å²) < 4.78 is 105. The Bertz CT molecular complexity index is 1460. The highest BCUT2D eigenvalue weighted by atomic mass is 127. The van der Waals surface area contributed by atoms with Gasteiger partial charge in [0.2, 0.25) is 5.82 Å². The van der Waals surface area contributed by atoms with Crippen molar-refractivity contribution in [1.29, 1.82) is 5.26 Å². The third kappa shape index (κ3) is 5.64. The largest absolute Gasteiger partial charge is 0.487 e. The number of hydrogen-bond acceptors (Lipinski definition) is 7. The Hall–Kier alpha value is -1.96. The summed E-state index contributed by atoms with van der Waals surface area (Å²) in [7, 11) is -9.32. The zero-order chi connectivity index (χ0) is 25.3. The van der Waals surface area contributed by atoms with Crippen LogP contribution in [-0.4, -0.2) is 30.6 Å². The number of nitrogens with zero attached hydrogens (tertiary/aromatic N) is 1. The van der Waals surface area contributed by atoms with Crippen LogP contribution in [0.4, 0.5) is 17.6 Å². The Labute approximate surface area is 207 Å². The van der Waals surface area contributed by atoms with Crippen LogP contribution in [0.2, 0.25) is 0 Å². The number of sulfonamides is 1. The highest BCUT2D eigenvalue weighted by molar-refractivity contribution is 14.1. The molecule has 1 unspecified atom stereocenters. The minimum Gasteiger partial charge on any atom is -0.487 e. The fourth-order valence-corrected chi connectivity index (χ4v) is 6.75. The molecule has 0 aliphatic carbocycles. The van der Waals surface area contributed by atoms with Gasteiger partial charge in [-0.05, 0) is 18.2 Å². The molecule has 0 amide bonds. The van der Waals surface area contributed by atoms with Gasteiger partial charge in [-0.25, -0.2) is 26.2 Å². The molecule has 0 aliphatic heterocycles. The number of rotatable bonds is 9. The van der Waals surface area contributed by atoms with Gasteiger partial charge in [0.05, 0.1) is 16.9 Å². The van der Waals surface area contributed by atoms with Gasteiger partial charge in [-0.3, -0.25) is 0 Å². The van der Waals surface area contributed by atoms with E-state index in [1.165, 1.54) is 0 Å². The molecule has 182 valence electrons. The van der Waals surface area contributed by atoms with Crippen LogP contribution < -0.4 is 14.0 Å². The molecule has 1 aromatic heterocycles. The molecule has 2 aromatic carbocycles. The Morgan fingerprint density at radius 3 is 2.50 bits per heavy atom. The molecule has 2 N–H and O–H groups in total. The molecule has 0 spiro atoms. The van der Waals surface area contributed by atoms with Gasteiger partial charge in [0.1, 0.15) is 28.1 Å². The smallest absolute Gasteiger partial charge is 0.391 e. The van der Waals surface area contributed by atoms with Crippen LogP contribution in [0, 0.1) is 34.6 Å². The summed E-state index contributed by atoms with van der Waals surface area (Å²) in [4.78, 5) is 9.91. The molecule has 0 bridgehead atoms. The van der Waals surface area contributed by atoms with Crippen LogP contribution in [0.15, 0.2) is 28.5 Å². The van der Waals surface area contributed by atoms with Crippen molar-refractivity contribution < 1.29 is 44.7 Å². The minimum absolute atomic E-state index is 0.119. The maximum absolute atomic E-state index is 14.6. The normalized spacial score (nSPS) is 13.4. The van der Waals surface area contributed by atoms with Crippen LogP contribution in [0.5, 0.6) is 11.5 Å². The maximum Gasteiger partial charge on any atom is 0.391 e. The Kier molecular flexibility index (Phi) is 8.10. The van der Waals surface area contributed by atoms with Gasteiger partial charge in [-0.2, -0.15) is 14.4 Å². The first-order valence-corrected chi connectivity index (χ1v) is 14.5. The first kappa shape index (κ1) is 26.6. The fraction of sp³-hybridized carbons (Fsp3) is 0.167. The summed E-state index contributed by atoms with van der Waals surface area (Å²) in [6.45, 7) is -0.119. The maximum atomic E-state index is 14.6. The second-order valence-electron chi connectivity index (χ2n) is 6.40. The molecular weight excluding hydrogens is 638 g/mol. The van der Waals surface area contributed by atoms with Crippen molar-refractivity contribution in [3.63, 3.8) is 0 Å². The van der Waals surface area contributed by atoms with Gasteiger partial charge in [0.15, 0.2) is 17.4 Å². The number of fused-ring (bicyclic) bond motifs is 1. The van der Waals surface area contributed by atoms with E-state index in [-0.39, 0.29) is 23.5 Å². The van der Waals surface area contributed by atoms with Crippen molar-refractivity contribution >= 4 is 61.6 Å². The first-order chi connectivity index (χ1) is 15.9. The van der Waals surface area contributed by atoms with Crippen LogP contribution in [-0.2, 0) is 14.6 Å². The van der Waals surface area contributed by atoms with Crippen molar-refractivity contribution in [3.8, 4) is 17.6 Å². The summed E-state index contributed by atoms with van der Waals surface area (Å²) in [6.07, 6.45) is -1.19. The monoisotopic (exact) mass is 650 g/mol. The minimum atomic E-state index is -4.72. The Morgan fingerprint density at radius 2 is 1.88 bits per heavy atom. The van der Waals surface area contributed by atoms with Gasteiger partial charge in [-0.15, -0.1) is 11.3 Å². The van der Waals surface area contributed by atoms with Crippen molar-refractivity contribution in [2.75, 3.05) is 17.3 Å². The van der Waals surface area contributed by atoms with Crippen molar-refractivity contribution in [1.82, 2.24) is 4.72 Å². The molecule has 0 radical (unpaired) electrons. The van der Waals surface area contributed by atoms with E-state index in [0.29, 0.717) is 16.6 Å². The number of nitrogens with one attached hydrogen (secondary N) is 1. The van der Waals surface area contributed by atoms with E-state index >= 15 is 0 Å². The van der Waals surface area contributed by atoms with Crippen LogP contribution in [0.3, 0.4) is 0 Å². The first-order valence-electron chi connectivity index (χ1n) is 8.89. The number of halogens is 5. The average Bonchev–Trinajstić information content (AvgIpc) is 3.23. The predicted molar refractivity (Wildman–Crippen MR) is 123 cm³/mol. The third-order valence-corrected chi connectivity index (χ3v) is 8.80. The second kappa shape index (κ2) is 10.3. The fourth-order valence-electron chi connectivity index (χ4n) is 2.59. The number of ether oxygens (including phenoxy) is 1. The standard InChI is InChI=1S/C18H12F4IN2O6PS2/c19-12-5-10(2-1-9(12)7-24)31-32(26,27)8-25-34(28,29)13-6-11-14(20)15(21)17(30-4-3-23)16(22)18(11)33-13/h1-2,5-6,25H,3-4,8H2,(H,26,27). The molecular formula is C18H12F4IN2O6PS2. The molecule has 16 heteroatoms. The molecule has 0 saturated carbocycles. The van der Waals surface area contributed by atoms with Gasteiger partial charge in [-0.1, -0.05) is 22.6 Å². The van der Waals surface area contributed by atoms with Gasteiger partial charge < -0.3 is 14.2 Å². The number of thiophene rings is 1. The lowest BCUT2D eigenvalue weighted by Gasteiger charge is -2.14. The van der Waals surface area contributed by atoms with E-state index in [0.717, 1.165) is 12.1 Å². The number of nitriles is 1. The van der Waals surface area contributed by atoms with Crippen molar-refractivity contribution in [2.24, 2.45) is 0 Å².